The van der Waals surface area contributed by atoms with E-state index in [1.165, 1.54) is 44.2 Å². The van der Waals surface area contributed by atoms with E-state index in [-0.39, 0.29) is 28.0 Å². The fourth-order valence-electron chi connectivity index (χ4n) is 2.85. The Hall–Kier alpha value is -3.66. The number of carbonyl (C=O) groups excluding carboxylic acids is 2. The molecule has 1 heterocycles. The van der Waals surface area contributed by atoms with Crippen LogP contribution in [-0.2, 0) is 11.0 Å². The van der Waals surface area contributed by atoms with E-state index < -0.39 is 28.8 Å². The highest BCUT2D eigenvalue weighted by Crippen LogP contribution is 2.30. The number of carbonyl (C=O) groups is 2. The Morgan fingerprint density at radius 3 is 2.41 bits per heavy atom. The van der Waals surface area contributed by atoms with Crippen LogP contribution in [0, 0.1) is 6.92 Å². The first-order valence-corrected chi connectivity index (χ1v) is 9.50. The predicted molar refractivity (Wildman–Crippen MR) is 113 cm³/mol. The zero-order chi connectivity index (χ0) is 23.6. The molecule has 7 nitrogen and oxygen atoms in total. The predicted octanol–water partition coefficient (Wildman–Crippen LogP) is 4.42. The average Bonchev–Trinajstić information content (AvgIpc) is 2.69. The smallest absolute Gasteiger partial charge is 0.325 e. The molecule has 32 heavy (non-hydrogen) atoms. The van der Waals surface area contributed by atoms with Gasteiger partial charge in [0.15, 0.2) is 5.69 Å². The lowest BCUT2D eigenvalue weighted by atomic mass is 10.2. The molecule has 0 aliphatic heterocycles. The van der Waals surface area contributed by atoms with Crippen molar-refractivity contribution in [2.45, 2.75) is 20.0 Å². The topological polar surface area (TPSA) is 93.1 Å². The standard InChI is InChI=1S/C21H16ClF3N4O3/c1-11-8-18(31)19(28-29(11)15-5-3-4-13(9-15)21(23,24)25)20(32)27-14-6-7-17(16(22)10-14)26-12(2)30/h3-10H,1-2H3,(H,26,30)(H,27,32). The Morgan fingerprint density at radius 1 is 1.06 bits per heavy atom. The molecule has 3 rings (SSSR count). The molecule has 0 fully saturated rings. The van der Waals surface area contributed by atoms with Crippen molar-refractivity contribution in [1.29, 1.82) is 0 Å². The molecule has 0 saturated heterocycles. The van der Waals surface area contributed by atoms with Crippen LogP contribution in [0.4, 0.5) is 24.5 Å². The van der Waals surface area contributed by atoms with E-state index in [2.05, 4.69) is 15.7 Å². The first-order chi connectivity index (χ1) is 15.0. The summed E-state index contributed by atoms with van der Waals surface area (Å²) >= 11 is 6.07. The number of amides is 2. The highest BCUT2D eigenvalue weighted by Gasteiger charge is 2.30. The zero-order valence-electron chi connectivity index (χ0n) is 16.7. The largest absolute Gasteiger partial charge is 0.416 e. The number of aromatic nitrogens is 2. The van der Waals surface area contributed by atoms with Crippen LogP contribution in [0.3, 0.4) is 0 Å². The van der Waals surface area contributed by atoms with Crippen molar-refractivity contribution in [2.24, 2.45) is 0 Å². The van der Waals surface area contributed by atoms with Crippen LogP contribution in [0.1, 0.15) is 28.7 Å². The summed E-state index contributed by atoms with van der Waals surface area (Å²) in [6, 6.07) is 9.74. The van der Waals surface area contributed by atoms with Gasteiger partial charge in [-0.25, -0.2) is 4.68 Å². The van der Waals surface area contributed by atoms with Crippen LogP contribution in [0.2, 0.25) is 5.02 Å². The van der Waals surface area contributed by atoms with E-state index in [0.717, 1.165) is 22.9 Å². The normalized spacial score (nSPS) is 11.2. The summed E-state index contributed by atoms with van der Waals surface area (Å²) in [6.07, 6.45) is -4.56. The quantitative estimate of drug-likeness (QED) is 0.597. The number of anilines is 2. The van der Waals surface area contributed by atoms with Gasteiger partial charge >= 0.3 is 6.18 Å². The molecule has 0 atom stereocenters. The second kappa shape index (κ2) is 8.83. The first-order valence-electron chi connectivity index (χ1n) is 9.13. The lowest BCUT2D eigenvalue weighted by molar-refractivity contribution is -0.137. The van der Waals surface area contributed by atoms with Gasteiger partial charge in [-0.3, -0.25) is 14.4 Å². The number of rotatable bonds is 4. The Bertz CT molecular complexity index is 1270. The number of alkyl halides is 3. The highest BCUT2D eigenvalue weighted by molar-refractivity contribution is 6.34. The van der Waals surface area contributed by atoms with Crippen LogP contribution in [0.25, 0.3) is 5.69 Å². The Kier molecular flexibility index (Phi) is 6.35. The summed E-state index contributed by atoms with van der Waals surface area (Å²) in [6.45, 7) is 2.79. The van der Waals surface area contributed by atoms with Gasteiger partial charge in [-0.1, -0.05) is 17.7 Å². The van der Waals surface area contributed by atoms with Gasteiger partial charge in [0, 0.05) is 24.4 Å². The van der Waals surface area contributed by atoms with Crippen LogP contribution < -0.4 is 16.1 Å². The number of nitrogens with zero attached hydrogens (tertiary/aromatic N) is 2. The molecule has 0 bridgehead atoms. The highest BCUT2D eigenvalue weighted by atomic mass is 35.5. The van der Waals surface area contributed by atoms with E-state index in [9.17, 15) is 27.6 Å². The number of hydrogen-bond acceptors (Lipinski definition) is 4. The van der Waals surface area contributed by atoms with Crippen LogP contribution >= 0.6 is 11.6 Å². The number of nitrogens with one attached hydrogen (secondary N) is 2. The minimum atomic E-state index is -4.56. The molecule has 0 saturated carbocycles. The second-order valence-corrected chi connectivity index (χ2v) is 7.20. The van der Waals surface area contributed by atoms with Gasteiger partial charge in [-0.05, 0) is 43.3 Å². The van der Waals surface area contributed by atoms with Crippen molar-refractivity contribution in [3.63, 3.8) is 0 Å². The lowest BCUT2D eigenvalue weighted by Crippen LogP contribution is -2.27. The third-order valence-electron chi connectivity index (χ3n) is 4.28. The van der Waals surface area contributed by atoms with E-state index in [1.807, 2.05) is 0 Å². The van der Waals surface area contributed by atoms with Gasteiger partial charge in [-0.2, -0.15) is 18.3 Å². The maximum atomic E-state index is 13.1. The van der Waals surface area contributed by atoms with Gasteiger partial charge in [0.05, 0.1) is 22.0 Å². The maximum Gasteiger partial charge on any atom is 0.416 e. The van der Waals surface area contributed by atoms with Crippen LogP contribution in [0.5, 0.6) is 0 Å². The number of halogens is 4. The third kappa shape index (κ3) is 5.14. The average molecular weight is 465 g/mol. The van der Waals surface area contributed by atoms with Gasteiger partial charge in [0.2, 0.25) is 11.3 Å². The molecular weight excluding hydrogens is 449 g/mol. The zero-order valence-corrected chi connectivity index (χ0v) is 17.5. The molecule has 0 radical (unpaired) electrons. The molecule has 1 aromatic heterocycles. The number of hydrogen-bond donors (Lipinski definition) is 2. The van der Waals surface area contributed by atoms with Crippen LogP contribution in [0.15, 0.2) is 53.3 Å². The molecule has 11 heteroatoms. The van der Waals surface area contributed by atoms with E-state index in [1.54, 1.807) is 0 Å². The van der Waals surface area contributed by atoms with Crippen molar-refractivity contribution in [3.05, 3.63) is 80.7 Å². The van der Waals surface area contributed by atoms with E-state index in [4.69, 9.17) is 11.6 Å². The minimum absolute atomic E-state index is 0.0362. The van der Waals surface area contributed by atoms with Crippen molar-refractivity contribution in [1.82, 2.24) is 9.78 Å². The Morgan fingerprint density at radius 2 is 1.78 bits per heavy atom. The molecule has 0 unspecified atom stereocenters. The summed E-state index contributed by atoms with van der Waals surface area (Å²) < 4.78 is 40.2. The molecule has 2 amide bonds. The fraction of sp³-hybridized carbons (Fsp3) is 0.143. The monoisotopic (exact) mass is 464 g/mol. The molecule has 2 aromatic carbocycles. The van der Waals surface area contributed by atoms with Gasteiger partial charge in [0.25, 0.3) is 5.91 Å². The fourth-order valence-corrected chi connectivity index (χ4v) is 3.08. The maximum absolute atomic E-state index is 13.1. The van der Waals surface area contributed by atoms with Crippen molar-refractivity contribution >= 4 is 34.8 Å². The Labute approximate surface area is 184 Å². The summed E-state index contributed by atoms with van der Waals surface area (Å²) in [5.74, 6) is -1.21. The molecule has 2 N–H and O–H groups in total. The number of benzene rings is 2. The molecule has 0 aliphatic rings. The first kappa shape index (κ1) is 23.0. The Balaban J connectivity index is 1.94. The van der Waals surface area contributed by atoms with Gasteiger partial charge < -0.3 is 10.6 Å². The van der Waals surface area contributed by atoms with Crippen molar-refractivity contribution in [2.75, 3.05) is 10.6 Å². The molecule has 166 valence electrons. The molecule has 0 spiro atoms. The molecular formula is C21H16ClF3N4O3. The summed E-state index contributed by atoms with van der Waals surface area (Å²) in [5, 5.41) is 9.10. The summed E-state index contributed by atoms with van der Waals surface area (Å²) in [5.41, 5.74) is -1.28. The van der Waals surface area contributed by atoms with Gasteiger partial charge in [-0.15, -0.1) is 0 Å². The molecule has 3 aromatic rings. The van der Waals surface area contributed by atoms with E-state index in [0.29, 0.717) is 5.69 Å². The molecule has 0 aliphatic carbocycles. The van der Waals surface area contributed by atoms with E-state index >= 15 is 0 Å². The van der Waals surface area contributed by atoms with Crippen molar-refractivity contribution < 1.29 is 22.8 Å². The minimum Gasteiger partial charge on any atom is -0.325 e. The second-order valence-electron chi connectivity index (χ2n) is 6.79. The van der Waals surface area contributed by atoms with Gasteiger partial charge in [0.1, 0.15) is 0 Å². The third-order valence-corrected chi connectivity index (χ3v) is 4.59. The number of aryl methyl sites for hydroxylation is 1. The summed E-state index contributed by atoms with van der Waals surface area (Å²) in [4.78, 5) is 36.1. The SMILES string of the molecule is CC(=O)Nc1ccc(NC(=O)c2nn(-c3cccc(C(F)(F)F)c3)c(C)cc2=O)cc1Cl. The summed E-state index contributed by atoms with van der Waals surface area (Å²) in [7, 11) is 0. The van der Waals surface area contributed by atoms with Crippen molar-refractivity contribution in [3.8, 4) is 5.69 Å². The lowest BCUT2D eigenvalue weighted by Gasteiger charge is -2.14. The van der Waals surface area contributed by atoms with Crippen LogP contribution in [-0.4, -0.2) is 21.6 Å².